The number of hydrogen-bond donors (Lipinski definition) is 1. The minimum absolute atomic E-state index is 0.329. The van der Waals surface area contributed by atoms with Gasteiger partial charge in [0.1, 0.15) is 5.75 Å². The van der Waals surface area contributed by atoms with Crippen molar-refractivity contribution in [2.75, 3.05) is 7.11 Å². The standard InChI is InChI=1S/C20H26O3/c1-14(2)6-9-17-12-16(8-11-19(21)23-5)13-18(20(17)22)10-7-15(3)4/h6-8,11-13,22H,9-10H2,1-5H3/b11-8+. The zero-order valence-corrected chi connectivity index (χ0v) is 14.6. The fourth-order valence-corrected chi connectivity index (χ4v) is 2.05. The van der Waals surface area contributed by atoms with E-state index in [2.05, 4.69) is 16.9 Å². The van der Waals surface area contributed by atoms with Gasteiger partial charge in [-0.25, -0.2) is 4.79 Å². The Morgan fingerprint density at radius 2 is 1.52 bits per heavy atom. The van der Waals surface area contributed by atoms with Crippen LogP contribution in [0.1, 0.15) is 44.4 Å². The Balaban J connectivity index is 3.24. The molecule has 0 aliphatic heterocycles. The lowest BCUT2D eigenvalue weighted by molar-refractivity contribution is -0.134. The van der Waals surface area contributed by atoms with Crippen LogP contribution in [0.15, 0.2) is 41.5 Å². The predicted molar refractivity (Wildman–Crippen MR) is 95.4 cm³/mol. The van der Waals surface area contributed by atoms with Crippen LogP contribution in [-0.4, -0.2) is 18.2 Å². The molecule has 0 heterocycles. The predicted octanol–water partition coefficient (Wildman–Crippen LogP) is 4.60. The molecule has 0 saturated heterocycles. The number of allylic oxidation sites excluding steroid dienone is 4. The monoisotopic (exact) mass is 314 g/mol. The molecule has 1 aromatic carbocycles. The molecule has 1 rings (SSSR count). The van der Waals surface area contributed by atoms with Gasteiger partial charge < -0.3 is 9.84 Å². The van der Waals surface area contributed by atoms with Crippen LogP contribution in [0.4, 0.5) is 0 Å². The Morgan fingerprint density at radius 1 is 1.04 bits per heavy atom. The number of phenols is 1. The van der Waals surface area contributed by atoms with Crippen LogP contribution in [0.25, 0.3) is 6.08 Å². The van der Waals surface area contributed by atoms with E-state index in [1.165, 1.54) is 24.3 Å². The number of ether oxygens (including phenoxy) is 1. The fourth-order valence-electron chi connectivity index (χ4n) is 2.05. The van der Waals surface area contributed by atoms with Gasteiger partial charge in [-0.3, -0.25) is 0 Å². The number of methoxy groups -OCH3 is 1. The lowest BCUT2D eigenvalue weighted by atomic mass is 9.98. The highest BCUT2D eigenvalue weighted by Crippen LogP contribution is 2.27. The second-order valence-electron chi connectivity index (χ2n) is 6.02. The molecule has 0 bridgehead atoms. The van der Waals surface area contributed by atoms with E-state index in [0.717, 1.165) is 16.7 Å². The highest BCUT2D eigenvalue weighted by molar-refractivity contribution is 5.87. The molecular weight excluding hydrogens is 288 g/mol. The van der Waals surface area contributed by atoms with Gasteiger partial charge >= 0.3 is 5.97 Å². The van der Waals surface area contributed by atoms with Crippen LogP contribution in [0, 0.1) is 0 Å². The number of carbonyl (C=O) groups excluding carboxylic acids is 1. The zero-order valence-electron chi connectivity index (χ0n) is 14.6. The van der Waals surface area contributed by atoms with Crippen LogP contribution in [0.2, 0.25) is 0 Å². The molecule has 1 N–H and O–H groups in total. The topological polar surface area (TPSA) is 46.5 Å². The number of phenolic OH excluding ortho intramolecular Hbond substituents is 1. The molecule has 0 amide bonds. The number of carbonyl (C=O) groups is 1. The maximum atomic E-state index is 11.3. The number of esters is 1. The summed E-state index contributed by atoms with van der Waals surface area (Å²) in [5.74, 6) is -0.0648. The van der Waals surface area contributed by atoms with Gasteiger partial charge in [0.25, 0.3) is 0 Å². The van der Waals surface area contributed by atoms with Crippen LogP contribution in [0.5, 0.6) is 5.75 Å². The van der Waals surface area contributed by atoms with Gasteiger partial charge in [-0.2, -0.15) is 0 Å². The molecule has 3 heteroatoms. The first-order valence-electron chi connectivity index (χ1n) is 7.71. The van der Waals surface area contributed by atoms with E-state index in [9.17, 15) is 9.90 Å². The summed E-state index contributed by atoms with van der Waals surface area (Å²) in [7, 11) is 1.35. The summed E-state index contributed by atoms with van der Waals surface area (Å²) in [6, 6.07) is 3.81. The smallest absolute Gasteiger partial charge is 0.330 e. The van der Waals surface area contributed by atoms with Gasteiger partial charge in [-0.05, 0) is 75.4 Å². The Hall–Kier alpha value is -2.29. The SMILES string of the molecule is COC(=O)/C=C/c1cc(CC=C(C)C)c(O)c(CC=C(C)C)c1. The summed E-state index contributed by atoms with van der Waals surface area (Å²) in [4.78, 5) is 11.3. The van der Waals surface area contributed by atoms with Gasteiger partial charge in [-0.1, -0.05) is 23.3 Å². The summed E-state index contributed by atoms with van der Waals surface area (Å²) >= 11 is 0. The van der Waals surface area contributed by atoms with Crippen molar-refractivity contribution in [3.8, 4) is 5.75 Å². The molecule has 0 saturated carbocycles. The number of rotatable bonds is 6. The Kier molecular flexibility index (Phi) is 7.33. The third-order valence-corrected chi connectivity index (χ3v) is 3.36. The molecule has 124 valence electrons. The first kappa shape index (κ1) is 18.8. The van der Waals surface area contributed by atoms with E-state index in [-0.39, 0.29) is 0 Å². The first-order valence-corrected chi connectivity index (χ1v) is 7.71. The van der Waals surface area contributed by atoms with E-state index in [1.807, 2.05) is 39.8 Å². The average Bonchev–Trinajstić information content (AvgIpc) is 2.50. The van der Waals surface area contributed by atoms with Crippen molar-refractivity contribution in [1.29, 1.82) is 0 Å². The van der Waals surface area contributed by atoms with E-state index < -0.39 is 5.97 Å². The second-order valence-corrected chi connectivity index (χ2v) is 6.02. The lowest BCUT2D eigenvalue weighted by Crippen LogP contribution is -1.95. The van der Waals surface area contributed by atoms with Crippen molar-refractivity contribution in [3.05, 3.63) is 58.2 Å². The minimum atomic E-state index is -0.394. The zero-order chi connectivity index (χ0) is 17.4. The maximum Gasteiger partial charge on any atom is 0.330 e. The summed E-state index contributed by atoms with van der Waals surface area (Å²) in [5, 5.41) is 10.5. The normalized spacial score (nSPS) is 10.5. The van der Waals surface area contributed by atoms with Crippen molar-refractivity contribution in [2.45, 2.75) is 40.5 Å². The molecule has 23 heavy (non-hydrogen) atoms. The first-order chi connectivity index (χ1) is 10.8. The molecule has 0 unspecified atom stereocenters. The molecule has 0 atom stereocenters. The summed E-state index contributed by atoms with van der Waals surface area (Å²) in [6.45, 7) is 8.12. The molecule has 0 fully saturated rings. The average molecular weight is 314 g/mol. The van der Waals surface area contributed by atoms with E-state index in [4.69, 9.17) is 0 Å². The van der Waals surface area contributed by atoms with Crippen molar-refractivity contribution in [2.24, 2.45) is 0 Å². The molecule has 0 spiro atoms. The molecule has 0 radical (unpaired) electrons. The van der Waals surface area contributed by atoms with E-state index in [0.29, 0.717) is 18.6 Å². The highest BCUT2D eigenvalue weighted by Gasteiger charge is 2.08. The van der Waals surface area contributed by atoms with Crippen molar-refractivity contribution >= 4 is 12.0 Å². The minimum Gasteiger partial charge on any atom is -0.507 e. The van der Waals surface area contributed by atoms with E-state index in [1.54, 1.807) is 6.08 Å². The van der Waals surface area contributed by atoms with Crippen molar-refractivity contribution in [3.63, 3.8) is 0 Å². The van der Waals surface area contributed by atoms with E-state index >= 15 is 0 Å². The quantitative estimate of drug-likeness (QED) is 0.474. The summed E-state index contributed by atoms with van der Waals surface area (Å²) in [6.07, 6.45) is 8.58. The third kappa shape index (κ3) is 6.55. The molecule has 3 nitrogen and oxygen atoms in total. The van der Waals surface area contributed by atoms with Crippen LogP contribution < -0.4 is 0 Å². The number of benzene rings is 1. The maximum absolute atomic E-state index is 11.3. The highest BCUT2D eigenvalue weighted by atomic mass is 16.5. The molecule has 1 aromatic rings. The van der Waals surface area contributed by atoms with Gasteiger partial charge in [0.2, 0.25) is 0 Å². The van der Waals surface area contributed by atoms with Gasteiger partial charge in [0.15, 0.2) is 0 Å². The molecule has 0 aliphatic carbocycles. The Labute approximate surface area is 139 Å². The van der Waals surface area contributed by atoms with Crippen LogP contribution in [0.3, 0.4) is 0 Å². The Morgan fingerprint density at radius 3 is 1.91 bits per heavy atom. The Bertz CT molecular complexity index is 600. The van der Waals surface area contributed by atoms with Gasteiger partial charge in [0, 0.05) is 6.08 Å². The van der Waals surface area contributed by atoms with Gasteiger partial charge in [0.05, 0.1) is 7.11 Å². The third-order valence-electron chi connectivity index (χ3n) is 3.36. The van der Waals surface area contributed by atoms with Crippen LogP contribution >= 0.6 is 0 Å². The van der Waals surface area contributed by atoms with Crippen molar-refractivity contribution in [1.82, 2.24) is 0 Å². The summed E-state index contributed by atoms with van der Waals surface area (Å²) < 4.78 is 4.62. The largest absolute Gasteiger partial charge is 0.507 e. The van der Waals surface area contributed by atoms with Gasteiger partial charge in [-0.15, -0.1) is 0 Å². The molecule has 0 aromatic heterocycles. The lowest BCUT2D eigenvalue weighted by Gasteiger charge is -2.10. The summed E-state index contributed by atoms with van der Waals surface area (Å²) in [5.41, 5.74) is 4.99. The van der Waals surface area contributed by atoms with Crippen molar-refractivity contribution < 1.29 is 14.6 Å². The van der Waals surface area contributed by atoms with Crippen LogP contribution in [-0.2, 0) is 22.4 Å². The fraction of sp³-hybridized carbons (Fsp3) is 0.350. The number of aromatic hydroxyl groups is 1. The second kappa shape index (κ2) is 8.99. The molecular formula is C20H26O3. The molecule has 0 aliphatic rings. The number of hydrogen-bond acceptors (Lipinski definition) is 3.